The predicted molar refractivity (Wildman–Crippen MR) is 111 cm³/mol. The van der Waals surface area contributed by atoms with Crippen LogP contribution in [0.4, 0.5) is 0 Å². The Kier molecular flexibility index (Phi) is 6.04. The lowest BCUT2D eigenvalue weighted by Gasteiger charge is -2.18. The number of carbonyl (C=O) groups excluding carboxylic acids is 1. The van der Waals surface area contributed by atoms with Crippen LogP contribution in [0.2, 0.25) is 0 Å². The molecular formula is C21H25N3O3S. The summed E-state index contributed by atoms with van der Waals surface area (Å²) in [7, 11) is 3.23. The van der Waals surface area contributed by atoms with E-state index in [9.17, 15) is 4.79 Å². The summed E-state index contributed by atoms with van der Waals surface area (Å²) < 4.78 is 12.8. The standard InChI is InChI=1S/C21H25N3O3S/c1-13-6-7-14(2)24(13)21-23-16(12-28-21)10-20(25)22-15(3)18-11-17(26-4)8-9-19(18)27-5/h6-9,11-12,15H,10H2,1-5H3,(H,22,25). The molecule has 1 aromatic carbocycles. The van der Waals surface area contributed by atoms with Crippen molar-refractivity contribution < 1.29 is 14.3 Å². The van der Waals surface area contributed by atoms with Gasteiger partial charge in [-0.15, -0.1) is 11.3 Å². The minimum Gasteiger partial charge on any atom is -0.497 e. The summed E-state index contributed by atoms with van der Waals surface area (Å²) in [5.41, 5.74) is 3.88. The van der Waals surface area contributed by atoms with E-state index in [1.54, 1.807) is 14.2 Å². The number of amides is 1. The van der Waals surface area contributed by atoms with Crippen LogP contribution in [-0.2, 0) is 11.2 Å². The Balaban J connectivity index is 1.70. The van der Waals surface area contributed by atoms with Gasteiger partial charge in [-0.25, -0.2) is 4.98 Å². The molecule has 1 atom stereocenters. The van der Waals surface area contributed by atoms with Crippen molar-refractivity contribution in [2.24, 2.45) is 0 Å². The largest absolute Gasteiger partial charge is 0.497 e. The van der Waals surface area contributed by atoms with Crippen LogP contribution in [-0.4, -0.2) is 29.7 Å². The minimum absolute atomic E-state index is 0.0878. The first-order chi connectivity index (χ1) is 13.4. The van der Waals surface area contributed by atoms with Crippen molar-refractivity contribution in [2.75, 3.05) is 14.2 Å². The third kappa shape index (κ3) is 4.20. The fourth-order valence-corrected chi connectivity index (χ4v) is 4.10. The van der Waals surface area contributed by atoms with Gasteiger partial charge in [0.05, 0.1) is 32.4 Å². The van der Waals surface area contributed by atoms with Crippen molar-refractivity contribution in [3.8, 4) is 16.6 Å². The molecule has 148 valence electrons. The summed E-state index contributed by atoms with van der Waals surface area (Å²) in [5, 5.41) is 5.84. The molecule has 2 aromatic heterocycles. The van der Waals surface area contributed by atoms with Crippen LogP contribution in [0.1, 0.15) is 35.6 Å². The quantitative estimate of drug-likeness (QED) is 0.652. The molecule has 0 bridgehead atoms. The van der Waals surface area contributed by atoms with Crippen LogP contribution >= 0.6 is 11.3 Å². The molecule has 0 aliphatic heterocycles. The van der Waals surface area contributed by atoms with Crippen molar-refractivity contribution in [2.45, 2.75) is 33.2 Å². The van der Waals surface area contributed by atoms with Crippen molar-refractivity contribution in [3.05, 3.63) is 58.4 Å². The van der Waals surface area contributed by atoms with Gasteiger partial charge in [0.25, 0.3) is 0 Å². The average Bonchev–Trinajstić information content (AvgIpc) is 3.26. The van der Waals surface area contributed by atoms with Crippen LogP contribution < -0.4 is 14.8 Å². The van der Waals surface area contributed by atoms with Gasteiger partial charge in [0, 0.05) is 22.3 Å². The van der Waals surface area contributed by atoms with Gasteiger partial charge in [0.1, 0.15) is 11.5 Å². The number of rotatable bonds is 7. The summed E-state index contributed by atoms with van der Waals surface area (Å²) in [6.07, 6.45) is 0.229. The maximum absolute atomic E-state index is 12.6. The Bertz CT molecular complexity index is 958. The highest BCUT2D eigenvalue weighted by Gasteiger charge is 2.17. The maximum atomic E-state index is 12.6. The number of nitrogens with zero attached hydrogens (tertiary/aromatic N) is 2. The first-order valence-electron chi connectivity index (χ1n) is 9.04. The molecular weight excluding hydrogens is 374 g/mol. The molecule has 0 fully saturated rings. The summed E-state index contributed by atoms with van der Waals surface area (Å²) in [4.78, 5) is 17.2. The molecule has 0 aliphatic rings. The molecule has 1 unspecified atom stereocenters. The number of nitrogens with one attached hydrogen (secondary N) is 1. The van der Waals surface area contributed by atoms with E-state index in [0.717, 1.165) is 33.5 Å². The van der Waals surface area contributed by atoms with Gasteiger partial charge >= 0.3 is 0 Å². The second-order valence-electron chi connectivity index (χ2n) is 6.65. The molecule has 2 heterocycles. The van der Waals surface area contributed by atoms with Gasteiger partial charge in [0.2, 0.25) is 5.91 Å². The van der Waals surface area contributed by atoms with Gasteiger partial charge in [-0.05, 0) is 51.1 Å². The molecule has 3 rings (SSSR count). The fraction of sp³-hybridized carbons (Fsp3) is 0.333. The summed E-state index contributed by atoms with van der Waals surface area (Å²) in [5.74, 6) is 1.34. The van der Waals surface area contributed by atoms with E-state index >= 15 is 0 Å². The van der Waals surface area contributed by atoms with Gasteiger partial charge < -0.3 is 14.8 Å². The van der Waals surface area contributed by atoms with Crippen LogP contribution in [0.5, 0.6) is 11.5 Å². The number of ether oxygens (including phenoxy) is 2. The van der Waals surface area contributed by atoms with E-state index in [-0.39, 0.29) is 18.4 Å². The molecule has 28 heavy (non-hydrogen) atoms. The third-order valence-corrected chi connectivity index (χ3v) is 5.50. The van der Waals surface area contributed by atoms with Gasteiger partial charge in [-0.1, -0.05) is 0 Å². The lowest BCUT2D eigenvalue weighted by Crippen LogP contribution is -2.28. The molecule has 0 radical (unpaired) electrons. The minimum atomic E-state index is -0.218. The van der Waals surface area contributed by atoms with Gasteiger partial charge in [-0.2, -0.15) is 0 Å². The number of thiazole rings is 1. The monoisotopic (exact) mass is 399 g/mol. The third-order valence-electron chi connectivity index (χ3n) is 4.62. The summed E-state index contributed by atoms with van der Waals surface area (Å²) >= 11 is 1.54. The topological polar surface area (TPSA) is 65.4 Å². The molecule has 3 aromatic rings. The van der Waals surface area contributed by atoms with Crippen LogP contribution in [0.25, 0.3) is 5.13 Å². The average molecular weight is 400 g/mol. The van der Waals surface area contributed by atoms with E-state index in [4.69, 9.17) is 9.47 Å². The molecule has 1 amide bonds. The normalized spacial score (nSPS) is 11.9. The molecule has 0 saturated carbocycles. The van der Waals surface area contributed by atoms with Crippen molar-refractivity contribution in [3.63, 3.8) is 0 Å². The van der Waals surface area contributed by atoms with E-state index in [2.05, 4.69) is 27.0 Å². The van der Waals surface area contributed by atoms with Gasteiger partial charge in [0.15, 0.2) is 5.13 Å². The molecule has 1 N–H and O–H groups in total. The fourth-order valence-electron chi connectivity index (χ4n) is 3.16. The summed E-state index contributed by atoms with van der Waals surface area (Å²) in [6.45, 7) is 6.02. The first kappa shape index (κ1) is 19.9. The second kappa shape index (κ2) is 8.48. The van der Waals surface area contributed by atoms with E-state index in [1.165, 1.54) is 11.3 Å². The molecule has 7 heteroatoms. The van der Waals surface area contributed by atoms with Gasteiger partial charge in [-0.3, -0.25) is 9.36 Å². The number of aryl methyl sites for hydroxylation is 2. The summed E-state index contributed by atoms with van der Waals surface area (Å²) in [6, 6.07) is 9.45. The smallest absolute Gasteiger partial charge is 0.226 e. The van der Waals surface area contributed by atoms with Crippen molar-refractivity contribution >= 4 is 17.2 Å². The van der Waals surface area contributed by atoms with E-state index < -0.39 is 0 Å². The second-order valence-corrected chi connectivity index (χ2v) is 7.48. The number of hydrogen-bond donors (Lipinski definition) is 1. The first-order valence-corrected chi connectivity index (χ1v) is 9.92. The highest BCUT2D eigenvalue weighted by molar-refractivity contribution is 7.12. The SMILES string of the molecule is COc1ccc(OC)c(C(C)NC(=O)Cc2csc(-n3c(C)ccc3C)n2)c1. The number of methoxy groups -OCH3 is 2. The zero-order chi connectivity index (χ0) is 20.3. The number of carbonyl (C=O) groups is 1. The van der Waals surface area contributed by atoms with E-state index in [1.807, 2.05) is 44.4 Å². The zero-order valence-corrected chi connectivity index (χ0v) is 17.6. The maximum Gasteiger partial charge on any atom is 0.226 e. The lowest BCUT2D eigenvalue weighted by molar-refractivity contribution is -0.121. The highest BCUT2D eigenvalue weighted by Crippen LogP contribution is 2.29. The Morgan fingerprint density at radius 2 is 1.89 bits per heavy atom. The van der Waals surface area contributed by atoms with Crippen molar-refractivity contribution in [1.82, 2.24) is 14.9 Å². The predicted octanol–water partition coefficient (Wildman–Crippen LogP) is 3.99. The van der Waals surface area contributed by atoms with Crippen LogP contribution in [0.3, 0.4) is 0 Å². The Labute approximate surface area is 169 Å². The van der Waals surface area contributed by atoms with Crippen LogP contribution in [0.15, 0.2) is 35.7 Å². The number of aromatic nitrogens is 2. The van der Waals surface area contributed by atoms with E-state index in [0.29, 0.717) is 5.75 Å². The molecule has 0 aliphatic carbocycles. The lowest BCUT2D eigenvalue weighted by atomic mass is 10.1. The highest BCUT2D eigenvalue weighted by atomic mass is 32.1. The molecule has 0 saturated heterocycles. The number of benzene rings is 1. The van der Waals surface area contributed by atoms with Crippen LogP contribution in [0, 0.1) is 13.8 Å². The number of hydrogen-bond acceptors (Lipinski definition) is 5. The Morgan fingerprint density at radius 3 is 2.54 bits per heavy atom. The molecule has 6 nitrogen and oxygen atoms in total. The van der Waals surface area contributed by atoms with Crippen molar-refractivity contribution in [1.29, 1.82) is 0 Å². The zero-order valence-electron chi connectivity index (χ0n) is 16.8. The Morgan fingerprint density at radius 1 is 1.18 bits per heavy atom. The molecule has 0 spiro atoms. The Hall–Kier alpha value is -2.80.